The zero-order chi connectivity index (χ0) is 20.7. The minimum Gasteiger partial charge on any atom is -0.478 e. The van der Waals surface area contributed by atoms with Gasteiger partial charge in [-0.05, 0) is 40.5 Å². The van der Waals surface area contributed by atoms with Gasteiger partial charge in [0, 0.05) is 23.2 Å². The molecule has 0 spiro atoms. The van der Waals surface area contributed by atoms with Gasteiger partial charge in [-0.2, -0.15) is 0 Å². The Bertz CT molecular complexity index is 692. The molecule has 0 saturated heterocycles. The van der Waals surface area contributed by atoms with E-state index in [2.05, 4.69) is 9.44 Å². The van der Waals surface area contributed by atoms with Crippen molar-refractivity contribution in [3.05, 3.63) is 11.1 Å². The first-order chi connectivity index (χ1) is 11.7. The van der Waals surface area contributed by atoms with Gasteiger partial charge in [-0.15, -0.1) is 0 Å². The van der Waals surface area contributed by atoms with Gasteiger partial charge in [-0.25, -0.2) is 35.9 Å². The fourth-order valence-electron chi connectivity index (χ4n) is 2.15. The average molecular weight is 415 g/mol. The van der Waals surface area contributed by atoms with Gasteiger partial charge < -0.3 is 10.2 Å². The van der Waals surface area contributed by atoms with Crippen molar-refractivity contribution in [2.75, 3.05) is 11.5 Å². The Morgan fingerprint density at radius 1 is 0.769 bits per heavy atom. The maximum Gasteiger partial charge on any atom is 0.332 e. The summed E-state index contributed by atoms with van der Waals surface area (Å²) in [6, 6.07) is -1.69. The van der Waals surface area contributed by atoms with Crippen molar-refractivity contribution in [3.63, 3.8) is 0 Å². The molecule has 26 heavy (non-hydrogen) atoms. The molecule has 0 aliphatic rings. The number of carboxylic acid groups (broad SMARTS) is 2. The van der Waals surface area contributed by atoms with Crippen LogP contribution < -0.4 is 9.44 Å². The molecule has 2 atom stereocenters. The predicted molar refractivity (Wildman–Crippen MR) is 95.6 cm³/mol. The highest BCUT2D eigenvalue weighted by molar-refractivity contribution is 7.89. The normalized spacial score (nSPS) is 15.8. The topological polar surface area (TPSA) is 167 Å². The number of hydrogen-bond acceptors (Lipinski definition) is 6. The van der Waals surface area contributed by atoms with Crippen molar-refractivity contribution < 1.29 is 36.6 Å². The van der Waals surface area contributed by atoms with Gasteiger partial charge in [0.1, 0.15) is 0 Å². The lowest BCUT2D eigenvalue weighted by atomic mass is 9.97. The first-order valence-corrected chi connectivity index (χ1v) is 11.2. The van der Waals surface area contributed by atoms with Crippen LogP contribution in [-0.2, 0) is 29.6 Å². The number of carboxylic acids is 2. The molecule has 10 nitrogen and oxygen atoms in total. The molecular formula is C14H26N2O8S2. The minimum absolute atomic E-state index is 0.203. The number of sulfonamides is 2. The second-order valence-corrected chi connectivity index (χ2v) is 9.91. The summed E-state index contributed by atoms with van der Waals surface area (Å²) in [6.07, 6.45) is -0.715. The third kappa shape index (κ3) is 8.74. The average Bonchev–Trinajstić information content (AvgIpc) is 2.49. The van der Waals surface area contributed by atoms with Gasteiger partial charge in [0.25, 0.3) is 0 Å². The summed E-state index contributed by atoms with van der Waals surface area (Å²) in [6.45, 7) is 5.65. The lowest BCUT2D eigenvalue weighted by Crippen LogP contribution is -2.36. The maximum absolute atomic E-state index is 11.6. The molecule has 0 unspecified atom stereocenters. The van der Waals surface area contributed by atoms with Gasteiger partial charge in [0.05, 0.1) is 11.5 Å². The monoisotopic (exact) mass is 414 g/mol. The van der Waals surface area contributed by atoms with E-state index in [-0.39, 0.29) is 24.3 Å². The van der Waals surface area contributed by atoms with Crippen molar-refractivity contribution in [1.82, 2.24) is 9.44 Å². The first-order valence-electron chi connectivity index (χ1n) is 7.93. The van der Waals surface area contributed by atoms with Crippen LogP contribution in [0.5, 0.6) is 0 Å². The third-order valence-electron chi connectivity index (χ3n) is 3.42. The molecule has 4 N–H and O–H groups in total. The molecule has 0 aromatic rings. The molecule has 0 aromatic carbocycles. The fourth-order valence-corrected chi connectivity index (χ4v) is 3.88. The van der Waals surface area contributed by atoms with Gasteiger partial charge in [-0.1, -0.05) is 0 Å². The van der Waals surface area contributed by atoms with Crippen LogP contribution in [0.4, 0.5) is 0 Å². The molecule has 0 fully saturated rings. The quantitative estimate of drug-likeness (QED) is 0.321. The smallest absolute Gasteiger partial charge is 0.332 e. The van der Waals surface area contributed by atoms with E-state index >= 15 is 0 Å². The predicted octanol–water partition coefficient (Wildman–Crippen LogP) is -0.112. The number of carbonyl (C=O) groups is 2. The van der Waals surface area contributed by atoms with Crippen LogP contribution in [0.25, 0.3) is 0 Å². The molecule has 0 amide bonds. The minimum atomic E-state index is -3.59. The van der Waals surface area contributed by atoms with E-state index in [1.165, 1.54) is 27.7 Å². The Morgan fingerprint density at radius 3 is 1.23 bits per heavy atom. The van der Waals surface area contributed by atoms with Crippen LogP contribution in [0, 0.1) is 0 Å². The van der Waals surface area contributed by atoms with Gasteiger partial charge >= 0.3 is 11.9 Å². The lowest BCUT2D eigenvalue weighted by Gasteiger charge is -2.18. The second kappa shape index (κ2) is 10.00. The van der Waals surface area contributed by atoms with Crippen molar-refractivity contribution in [1.29, 1.82) is 0 Å². The van der Waals surface area contributed by atoms with E-state index in [0.717, 1.165) is 0 Å². The lowest BCUT2D eigenvalue weighted by molar-refractivity contribution is -0.136. The summed E-state index contributed by atoms with van der Waals surface area (Å²) in [5.74, 6) is -3.41. The summed E-state index contributed by atoms with van der Waals surface area (Å²) < 4.78 is 50.8. The Hall–Kier alpha value is -1.50. The van der Waals surface area contributed by atoms with Crippen LogP contribution in [0.3, 0.4) is 0 Å². The molecule has 0 bridgehead atoms. The third-order valence-corrected chi connectivity index (χ3v) is 6.47. The Kier molecular flexibility index (Phi) is 9.42. The van der Waals surface area contributed by atoms with E-state index in [4.69, 9.17) is 0 Å². The molecular weight excluding hydrogens is 388 g/mol. The molecule has 0 aliphatic heterocycles. The molecule has 152 valence electrons. The molecule has 0 saturated carbocycles. The van der Waals surface area contributed by atoms with E-state index in [9.17, 15) is 36.6 Å². The van der Waals surface area contributed by atoms with Crippen molar-refractivity contribution in [3.8, 4) is 0 Å². The van der Waals surface area contributed by atoms with Crippen molar-refractivity contribution in [2.24, 2.45) is 0 Å². The summed E-state index contributed by atoms with van der Waals surface area (Å²) in [5.41, 5.74) is -0.960. The van der Waals surface area contributed by atoms with Crippen LogP contribution >= 0.6 is 0 Å². The zero-order valence-corrected chi connectivity index (χ0v) is 16.8. The highest BCUT2D eigenvalue weighted by atomic mass is 32.2. The largest absolute Gasteiger partial charge is 0.478 e. The Balaban J connectivity index is 5.62. The van der Waals surface area contributed by atoms with Crippen molar-refractivity contribution in [2.45, 2.75) is 52.6 Å². The van der Waals surface area contributed by atoms with E-state index in [1.807, 2.05) is 0 Å². The van der Waals surface area contributed by atoms with Gasteiger partial charge in [0.2, 0.25) is 20.0 Å². The SMILES string of the molecule is CCS(=O)(=O)N[C@H](C)C/C(C(=O)O)=C(/C[C@@H](C)NS(=O)(=O)CC)C(=O)O. The fraction of sp³-hybridized carbons (Fsp3) is 0.714. The van der Waals surface area contributed by atoms with Crippen LogP contribution in [0.2, 0.25) is 0 Å². The second-order valence-electron chi connectivity index (χ2n) is 5.82. The van der Waals surface area contributed by atoms with Crippen LogP contribution in [0.15, 0.2) is 11.1 Å². The molecule has 0 rings (SSSR count). The summed E-state index contributed by atoms with van der Waals surface area (Å²) in [5, 5.41) is 18.7. The molecule has 0 radical (unpaired) electrons. The first kappa shape index (κ1) is 24.5. The molecule has 0 aromatic heterocycles. The van der Waals surface area contributed by atoms with Crippen LogP contribution in [0.1, 0.15) is 40.5 Å². The van der Waals surface area contributed by atoms with Gasteiger partial charge in [-0.3, -0.25) is 0 Å². The summed E-state index contributed by atoms with van der Waals surface area (Å²) in [7, 11) is -7.18. The molecule has 0 aliphatic carbocycles. The standard InChI is InChI=1S/C14H26N2O8S2/c1-5-25(21,22)15-9(3)7-11(13(17)18)12(14(19)20)8-10(4)16-26(23,24)6-2/h9-10,15-16H,5-8H2,1-4H3,(H,17,18)(H,19,20)/b12-11+/t9-,10-/m1/s1. The van der Waals surface area contributed by atoms with E-state index in [1.54, 1.807) is 0 Å². The highest BCUT2D eigenvalue weighted by Crippen LogP contribution is 2.18. The van der Waals surface area contributed by atoms with Crippen LogP contribution in [-0.4, -0.2) is 62.6 Å². The van der Waals surface area contributed by atoms with E-state index < -0.39 is 55.2 Å². The number of aliphatic carboxylic acids is 2. The molecule has 0 heterocycles. The number of hydrogen-bond donors (Lipinski definition) is 4. The number of nitrogens with one attached hydrogen (secondary N) is 2. The number of rotatable bonds is 12. The summed E-state index contributed by atoms with van der Waals surface area (Å²) >= 11 is 0. The summed E-state index contributed by atoms with van der Waals surface area (Å²) in [4.78, 5) is 23.0. The zero-order valence-electron chi connectivity index (χ0n) is 15.1. The Labute approximate surface area is 153 Å². The van der Waals surface area contributed by atoms with Crippen molar-refractivity contribution >= 4 is 32.0 Å². The maximum atomic E-state index is 11.6. The van der Waals surface area contributed by atoms with E-state index in [0.29, 0.717) is 0 Å². The highest BCUT2D eigenvalue weighted by Gasteiger charge is 2.26. The molecule has 12 heteroatoms. The van der Waals surface area contributed by atoms with Gasteiger partial charge in [0.15, 0.2) is 0 Å². The Morgan fingerprint density at radius 2 is 1.04 bits per heavy atom.